The molecule has 4 atom stereocenters. The van der Waals surface area contributed by atoms with Gasteiger partial charge in [-0.25, -0.2) is 4.79 Å². The summed E-state index contributed by atoms with van der Waals surface area (Å²) in [5, 5.41) is 6.01. The van der Waals surface area contributed by atoms with Gasteiger partial charge in [0.2, 0.25) is 5.91 Å². The van der Waals surface area contributed by atoms with E-state index in [1.54, 1.807) is 31.7 Å². The fourth-order valence-electron chi connectivity index (χ4n) is 4.16. The zero-order valence-electron chi connectivity index (χ0n) is 22.2. The highest BCUT2D eigenvalue weighted by molar-refractivity contribution is 7.80. The Morgan fingerprint density at radius 2 is 1.76 bits per heavy atom. The zero-order chi connectivity index (χ0) is 27.5. The fraction of sp³-hybridized carbons (Fsp3) is 0.464. The van der Waals surface area contributed by atoms with Crippen molar-refractivity contribution in [2.45, 2.75) is 71.7 Å². The second kappa shape index (κ2) is 11.8. The number of thiol groups is 1. The van der Waals surface area contributed by atoms with Crippen LogP contribution in [-0.4, -0.2) is 46.2 Å². The molecule has 2 aromatic rings. The van der Waals surface area contributed by atoms with Crippen LogP contribution in [0, 0.1) is 19.8 Å². The maximum absolute atomic E-state index is 14.0. The van der Waals surface area contributed by atoms with Gasteiger partial charge in [0.05, 0.1) is 10.7 Å². The van der Waals surface area contributed by atoms with Crippen molar-refractivity contribution in [3.8, 4) is 0 Å². The Morgan fingerprint density at radius 1 is 1.14 bits per heavy atom. The van der Waals surface area contributed by atoms with Gasteiger partial charge in [-0.1, -0.05) is 60.5 Å². The van der Waals surface area contributed by atoms with E-state index in [2.05, 4.69) is 23.3 Å². The van der Waals surface area contributed by atoms with Crippen LogP contribution in [0.2, 0.25) is 5.02 Å². The monoisotopic (exact) mass is 545 g/mol. The Bertz CT molecular complexity index is 1130. The molecule has 0 radical (unpaired) electrons. The molecule has 0 aliphatic heterocycles. The summed E-state index contributed by atoms with van der Waals surface area (Å²) in [6, 6.07) is 10.8. The largest absolute Gasteiger partial charge is 0.444 e. The van der Waals surface area contributed by atoms with Crippen molar-refractivity contribution in [3.63, 3.8) is 0 Å². The molecule has 1 saturated carbocycles. The summed E-state index contributed by atoms with van der Waals surface area (Å²) in [7, 11) is 0. The zero-order valence-corrected chi connectivity index (χ0v) is 23.8. The highest BCUT2D eigenvalue weighted by Gasteiger charge is 2.48. The van der Waals surface area contributed by atoms with Crippen molar-refractivity contribution in [1.82, 2.24) is 10.2 Å². The molecular weight excluding hydrogens is 510 g/mol. The average molecular weight is 546 g/mol. The van der Waals surface area contributed by atoms with E-state index in [1.165, 1.54) is 0 Å². The first kappa shape index (κ1) is 28.9. The molecule has 2 N–H and O–H groups in total. The minimum atomic E-state index is -0.978. The van der Waals surface area contributed by atoms with Crippen LogP contribution in [-0.2, 0) is 14.3 Å². The van der Waals surface area contributed by atoms with Gasteiger partial charge in [-0.05, 0) is 64.2 Å². The molecular formula is C28H36ClN3O4S. The van der Waals surface area contributed by atoms with Gasteiger partial charge < -0.3 is 20.3 Å². The Labute approximate surface area is 229 Å². The van der Waals surface area contributed by atoms with E-state index in [0.29, 0.717) is 16.3 Å². The van der Waals surface area contributed by atoms with Crippen LogP contribution in [0.5, 0.6) is 0 Å². The lowest BCUT2D eigenvalue weighted by atomic mass is 10.0. The second-order valence-electron chi connectivity index (χ2n) is 10.6. The first-order chi connectivity index (χ1) is 17.3. The van der Waals surface area contributed by atoms with E-state index in [9.17, 15) is 14.4 Å². The van der Waals surface area contributed by atoms with Gasteiger partial charge in [0.15, 0.2) is 0 Å². The standard InChI is InChI=1S/C28H36ClN3O4S/c1-16-10-12-19(13-11-16)24(25(33)31-23-17(2)8-7-9-20(23)29)32(22-14-18(22)3)26(34)21(15-37)30-27(35)36-28(4,5)6/h7-13,18,21-22,24,37H,14-15H2,1-6H3,(H,30,35)(H,31,33). The molecule has 9 heteroatoms. The van der Waals surface area contributed by atoms with E-state index in [4.69, 9.17) is 16.3 Å². The molecule has 3 amide bonds. The molecule has 1 aliphatic carbocycles. The molecule has 7 nitrogen and oxygen atoms in total. The Hall–Kier alpha value is -2.71. The van der Waals surface area contributed by atoms with E-state index >= 15 is 0 Å². The van der Waals surface area contributed by atoms with E-state index in [0.717, 1.165) is 17.5 Å². The highest BCUT2D eigenvalue weighted by Crippen LogP contribution is 2.41. The van der Waals surface area contributed by atoms with Crippen LogP contribution in [0.1, 0.15) is 56.8 Å². The number of nitrogens with zero attached hydrogens (tertiary/aromatic N) is 1. The van der Waals surface area contributed by atoms with Crippen LogP contribution in [0.4, 0.5) is 10.5 Å². The third-order valence-electron chi connectivity index (χ3n) is 6.24. The third kappa shape index (κ3) is 7.42. The molecule has 0 bridgehead atoms. The molecule has 0 heterocycles. The van der Waals surface area contributed by atoms with Crippen LogP contribution < -0.4 is 10.6 Å². The maximum atomic E-state index is 14.0. The number of ether oxygens (including phenoxy) is 1. The number of amides is 3. The van der Waals surface area contributed by atoms with E-state index < -0.39 is 29.7 Å². The number of hydrogen-bond acceptors (Lipinski definition) is 5. The number of para-hydroxylation sites is 1. The minimum Gasteiger partial charge on any atom is -0.444 e. The molecule has 0 spiro atoms. The first-order valence-electron chi connectivity index (χ1n) is 12.4. The molecule has 0 saturated heterocycles. The molecule has 3 rings (SSSR count). The summed E-state index contributed by atoms with van der Waals surface area (Å²) in [6.07, 6.45) is 0.0322. The summed E-state index contributed by atoms with van der Waals surface area (Å²) in [5.74, 6) is -0.537. The summed E-state index contributed by atoms with van der Waals surface area (Å²) in [4.78, 5) is 42.0. The van der Waals surface area contributed by atoms with Crippen molar-refractivity contribution in [2.24, 2.45) is 5.92 Å². The normalized spacial score (nSPS) is 18.4. The second-order valence-corrected chi connectivity index (χ2v) is 11.4. The number of carbonyl (C=O) groups excluding carboxylic acids is 3. The Balaban J connectivity index is 2.00. The Kier molecular flexibility index (Phi) is 9.18. The van der Waals surface area contributed by atoms with E-state index in [-0.39, 0.29) is 23.6 Å². The van der Waals surface area contributed by atoms with Crippen LogP contribution in [0.25, 0.3) is 0 Å². The molecule has 0 aromatic heterocycles. The van der Waals surface area contributed by atoms with Crippen LogP contribution in [0.3, 0.4) is 0 Å². The van der Waals surface area contributed by atoms with Crippen molar-refractivity contribution in [2.75, 3.05) is 11.1 Å². The van der Waals surface area contributed by atoms with Crippen molar-refractivity contribution < 1.29 is 19.1 Å². The predicted molar refractivity (Wildman–Crippen MR) is 150 cm³/mol. The minimum absolute atomic E-state index is 0.0432. The summed E-state index contributed by atoms with van der Waals surface area (Å²) in [5.41, 5.74) is 2.27. The summed E-state index contributed by atoms with van der Waals surface area (Å²) >= 11 is 10.7. The molecule has 1 aliphatic rings. The van der Waals surface area contributed by atoms with Gasteiger partial charge in [0, 0.05) is 11.8 Å². The van der Waals surface area contributed by atoms with Gasteiger partial charge in [-0.2, -0.15) is 12.6 Å². The molecule has 4 unspecified atom stereocenters. The van der Waals surface area contributed by atoms with Crippen LogP contribution in [0.15, 0.2) is 42.5 Å². The van der Waals surface area contributed by atoms with E-state index in [1.807, 2.05) is 57.2 Å². The number of benzene rings is 2. The summed E-state index contributed by atoms with van der Waals surface area (Å²) < 4.78 is 5.36. The average Bonchev–Trinajstić information content (AvgIpc) is 3.53. The van der Waals surface area contributed by atoms with Gasteiger partial charge in [-0.3, -0.25) is 9.59 Å². The quantitative estimate of drug-likeness (QED) is 0.371. The number of anilines is 1. The first-order valence-corrected chi connectivity index (χ1v) is 13.4. The lowest BCUT2D eigenvalue weighted by Crippen LogP contribution is -2.54. The van der Waals surface area contributed by atoms with Gasteiger partial charge in [-0.15, -0.1) is 0 Å². The SMILES string of the molecule is Cc1ccc(C(C(=O)Nc2c(C)cccc2Cl)N(C(=O)C(CS)NC(=O)OC(C)(C)C)C2CC2C)cc1. The number of alkyl carbamates (subject to hydrolysis) is 1. The van der Waals surface area contributed by atoms with Gasteiger partial charge in [0.1, 0.15) is 17.7 Å². The van der Waals surface area contributed by atoms with Crippen molar-refractivity contribution >= 4 is 47.8 Å². The number of carbonyl (C=O) groups is 3. The number of rotatable bonds is 8. The molecule has 200 valence electrons. The Morgan fingerprint density at radius 3 is 2.27 bits per heavy atom. The van der Waals surface area contributed by atoms with Gasteiger partial charge >= 0.3 is 6.09 Å². The topological polar surface area (TPSA) is 87.7 Å². The number of halogens is 1. The van der Waals surface area contributed by atoms with Gasteiger partial charge in [0.25, 0.3) is 5.91 Å². The maximum Gasteiger partial charge on any atom is 0.408 e. The number of nitrogens with one attached hydrogen (secondary N) is 2. The van der Waals surface area contributed by atoms with Crippen molar-refractivity contribution in [1.29, 1.82) is 0 Å². The summed E-state index contributed by atoms with van der Waals surface area (Å²) in [6.45, 7) is 11.1. The highest BCUT2D eigenvalue weighted by atomic mass is 35.5. The predicted octanol–water partition coefficient (Wildman–Crippen LogP) is 5.70. The lowest BCUT2D eigenvalue weighted by molar-refractivity contribution is -0.141. The smallest absolute Gasteiger partial charge is 0.408 e. The number of hydrogen-bond donors (Lipinski definition) is 3. The van der Waals surface area contributed by atoms with Crippen molar-refractivity contribution in [3.05, 3.63) is 64.2 Å². The third-order valence-corrected chi connectivity index (χ3v) is 6.92. The van der Waals surface area contributed by atoms with Crippen LogP contribution >= 0.6 is 24.2 Å². The molecule has 1 fully saturated rings. The molecule has 2 aromatic carbocycles. The molecule has 37 heavy (non-hydrogen) atoms. The fourth-order valence-corrected chi connectivity index (χ4v) is 4.67. The lowest BCUT2D eigenvalue weighted by Gasteiger charge is -2.35. The number of aryl methyl sites for hydroxylation is 2.